The monoisotopic (exact) mass is 242 g/mol. The molecule has 2 rings (SSSR count). The predicted octanol–water partition coefficient (Wildman–Crippen LogP) is 2.38. The van der Waals surface area contributed by atoms with Crippen molar-refractivity contribution in [2.75, 3.05) is 13.7 Å². The van der Waals surface area contributed by atoms with E-state index in [-0.39, 0.29) is 17.5 Å². The van der Waals surface area contributed by atoms with Gasteiger partial charge >= 0.3 is 0 Å². The van der Waals surface area contributed by atoms with E-state index in [2.05, 4.69) is 10.3 Å². The highest BCUT2D eigenvalue weighted by molar-refractivity contribution is 5.26. The Morgan fingerprint density at radius 3 is 3.00 bits per heavy atom. The van der Waals surface area contributed by atoms with Crippen LogP contribution < -0.4 is 10.1 Å². The molecule has 2 unspecified atom stereocenters. The molecule has 0 radical (unpaired) electrons. The fraction of sp³-hybridized carbons (Fsp3) is 0.583. The largest absolute Gasteiger partial charge is 0.479 e. The predicted molar refractivity (Wildman–Crippen MR) is 60.2 cm³/mol. The first kappa shape index (κ1) is 12.2. The highest BCUT2D eigenvalue weighted by atomic mass is 19.1. The van der Waals surface area contributed by atoms with Crippen LogP contribution in [0.15, 0.2) is 12.3 Å². The number of methoxy groups -OCH3 is 1. The highest BCUT2D eigenvalue weighted by Crippen LogP contribution is 2.30. The molecule has 1 aliphatic heterocycles. The lowest BCUT2D eigenvalue weighted by Gasteiger charge is -2.26. The van der Waals surface area contributed by atoms with Gasteiger partial charge in [0.05, 0.1) is 7.11 Å². The lowest BCUT2D eigenvalue weighted by Crippen LogP contribution is -2.37. The van der Waals surface area contributed by atoms with Crippen LogP contribution in [0.2, 0.25) is 0 Å². The van der Waals surface area contributed by atoms with E-state index in [1.165, 1.54) is 19.4 Å². The maximum Gasteiger partial charge on any atom is 0.250 e. The average Bonchev–Trinajstić information content (AvgIpc) is 2.39. The van der Waals surface area contributed by atoms with Gasteiger partial charge in [-0.2, -0.15) is 0 Å². The van der Waals surface area contributed by atoms with E-state index in [9.17, 15) is 8.78 Å². The molecule has 5 heteroatoms. The van der Waals surface area contributed by atoms with Crippen molar-refractivity contribution < 1.29 is 13.5 Å². The summed E-state index contributed by atoms with van der Waals surface area (Å²) in [6.45, 7) is 0.787. The van der Waals surface area contributed by atoms with Gasteiger partial charge in [0.15, 0.2) is 5.82 Å². The molecule has 0 spiro atoms. The summed E-state index contributed by atoms with van der Waals surface area (Å²) in [6.07, 6.45) is 2.76. The summed E-state index contributed by atoms with van der Waals surface area (Å²) < 4.78 is 32.8. The van der Waals surface area contributed by atoms with Crippen LogP contribution in [0.4, 0.5) is 8.78 Å². The third-order valence-corrected chi connectivity index (χ3v) is 3.08. The first-order valence-electron chi connectivity index (χ1n) is 5.80. The van der Waals surface area contributed by atoms with Crippen molar-refractivity contribution >= 4 is 0 Å². The van der Waals surface area contributed by atoms with Gasteiger partial charge in [0.2, 0.25) is 5.88 Å². The summed E-state index contributed by atoms with van der Waals surface area (Å²) >= 11 is 0. The number of nitrogens with zero attached hydrogens (tertiary/aromatic N) is 1. The van der Waals surface area contributed by atoms with E-state index in [0.29, 0.717) is 0 Å². The Morgan fingerprint density at radius 1 is 1.53 bits per heavy atom. The number of rotatable bonds is 3. The minimum Gasteiger partial charge on any atom is -0.479 e. The van der Waals surface area contributed by atoms with Crippen molar-refractivity contribution in [3.05, 3.63) is 23.6 Å². The Labute approximate surface area is 99.2 Å². The van der Waals surface area contributed by atoms with Crippen molar-refractivity contribution in [2.45, 2.75) is 31.5 Å². The maximum atomic E-state index is 14.2. The van der Waals surface area contributed by atoms with Crippen LogP contribution in [0.25, 0.3) is 0 Å². The lowest BCUT2D eigenvalue weighted by atomic mass is 9.96. The number of ether oxygens (including phenoxy) is 1. The molecule has 1 N–H and O–H groups in total. The van der Waals surface area contributed by atoms with Crippen LogP contribution in [0.1, 0.15) is 31.0 Å². The molecular weight excluding hydrogens is 226 g/mol. The van der Waals surface area contributed by atoms with Crippen LogP contribution in [0.5, 0.6) is 5.88 Å². The molecule has 0 aliphatic carbocycles. The fourth-order valence-electron chi connectivity index (χ4n) is 2.14. The maximum absolute atomic E-state index is 14.2. The minimum atomic E-state index is -1.35. The van der Waals surface area contributed by atoms with Gasteiger partial charge in [-0.1, -0.05) is 6.42 Å². The van der Waals surface area contributed by atoms with Crippen molar-refractivity contribution in [3.8, 4) is 5.88 Å². The number of pyridine rings is 1. The average molecular weight is 242 g/mol. The summed E-state index contributed by atoms with van der Waals surface area (Å²) in [7, 11) is 1.32. The number of halogens is 2. The van der Waals surface area contributed by atoms with Crippen LogP contribution in [0.3, 0.4) is 0 Å². The van der Waals surface area contributed by atoms with Crippen LogP contribution >= 0.6 is 0 Å². The van der Waals surface area contributed by atoms with Crippen molar-refractivity contribution in [3.63, 3.8) is 0 Å². The number of piperidine rings is 1. The van der Waals surface area contributed by atoms with Gasteiger partial charge in [0.1, 0.15) is 6.17 Å². The number of hydrogen-bond acceptors (Lipinski definition) is 3. The van der Waals surface area contributed by atoms with Gasteiger partial charge < -0.3 is 10.1 Å². The van der Waals surface area contributed by atoms with E-state index in [0.717, 1.165) is 25.8 Å². The van der Waals surface area contributed by atoms with E-state index < -0.39 is 12.0 Å². The SMILES string of the molecule is COc1nccc(C(F)C2CCCCN2)c1F. The summed E-state index contributed by atoms with van der Waals surface area (Å²) in [6, 6.07) is 1.06. The van der Waals surface area contributed by atoms with Gasteiger partial charge in [-0.25, -0.2) is 13.8 Å². The number of aromatic nitrogens is 1. The zero-order valence-corrected chi connectivity index (χ0v) is 9.75. The number of nitrogens with one attached hydrogen (secondary N) is 1. The Balaban J connectivity index is 2.20. The molecule has 1 aromatic heterocycles. The standard InChI is InChI=1S/C12H16F2N2O/c1-17-12-11(14)8(5-7-16-12)10(13)9-4-2-3-6-15-9/h5,7,9-10,15H,2-4,6H2,1H3. The van der Waals surface area contributed by atoms with Crippen LogP contribution in [0, 0.1) is 5.82 Å². The third-order valence-electron chi connectivity index (χ3n) is 3.08. The Hall–Kier alpha value is -1.23. The second kappa shape index (κ2) is 5.40. The van der Waals surface area contributed by atoms with E-state index in [4.69, 9.17) is 4.74 Å². The van der Waals surface area contributed by atoms with Gasteiger partial charge in [-0.05, 0) is 25.5 Å². The second-order valence-corrected chi connectivity index (χ2v) is 4.18. The third kappa shape index (κ3) is 2.54. The molecule has 2 atom stereocenters. The molecular formula is C12H16F2N2O. The molecule has 0 aromatic carbocycles. The first-order chi connectivity index (χ1) is 8.24. The van der Waals surface area contributed by atoms with Gasteiger partial charge in [-0.15, -0.1) is 0 Å². The molecule has 17 heavy (non-hydrogen) atoms. The molecule has 0 bridgehead atoms. The molecule has 3 nitrogen and oxygen atoms in total. The van der Waals surface area contributed by atoms with Gasteiger partial charge in [0.25, 0.3) is 0 Å². The molecule has 0 amide bonds. The Bertz CT molecular complexity index is 381. The highest BCUT2D eigenvalue weighted by Gasteiger charge is 2.28. The Kier molecular flexibility index (Phi) is 3.89. The van der Waals surface area contributed by atoms with Gasteiger partial charge in [-0.3, -0.25) is 0 Å². The zero-order chi connectivity index (χ0) is 12.3. The quantitative estimate of drug-likeness (QED) is 0.883. The van der Waals surface area contributed by atoms with Crippen LogP contribution in [-0.4, -0.2) is 24.7 Å². The topological polar surface area (TPSA) is 34.1 Å². The second-order valence-electron chi connectivity index (χ2n) is 4.18. The minimum absolute atomic E-state index is 0.0243. The smallest absolute Gasteiger partial charge is 0.250 e. The van der Waals surface area contributed by atoms with Crippen molar-refractivity contribution in [2.24, 2.45) is 0 Å². The van der Waals surface area contributed by atoms with Gasteiger partial charge in [0, 0.05) is 17.8 Å². The van der Waals surface area contributed by atoms with E-state index in [1.54, 1.807) is 0 Å². The summed E-state index contributed by atoms with van der Waals surface area (Å²) in [5.74, 6) is -0.851. The summed E-state index contributed by atoms with van der Waals surface area (Å²) in [4.78, 5) is 3.70. The molecule has 2 heterocycles. The fourth-order valence-corrected chi connectivity index (χ4v) is 2.14. The van der Waals surface area contributed by atoms with E-state index >= 15 is 0 Å². The Morgan fingerprint density at radius 2 is 2.35 bits per heavy atom. The van der Waals surface area contributed by atoms with Crippen molar-refractivity contribution in [1.82, 2.24) is 10.3 Å². The van der Waals surface area contributed by atoms with Crippen LogP contribution in [-0.2, 0) is 0 Å². The molecule has 94 valence electrons. The van der Waals surface area contributed by atoms with E-state index in [1.807, 2.05) is 0 Å². The first-order valence-corrected chi connectivity index (χ1v) is 5.80. The molecule has 1 saturated heterocycles. The lowest BCUT2D eigenvalue weighted by molar-refractivity contribution is 0.214. The van der Waals surface area contributed by atoms with Crippen molar-refractivity contribution in [1.29, 1.82) is 0 Å². The summed E-state index contributed by atoms with van der Waals surface area (Å²) in [5, 5.41) is 3.08. The number of hydrogen-bond donors (Lipinski definition) is 1. The summed E-state index contributed by atoms with van der Waals surface area (Å²) in [5.41, 5.74) is 0.0243. The normalized spacial score (nSPS) is 22.2. The molecule has 1 aromatic rings. The molecule has 1 aliphatic rings. The molecule has 0 saturated carbocycles. The number of alkyl halides is 1. The molecule has 1 fully saturated rings. The zero-order valence-electron chi connectivity index (χ0n) is 9.75.